The molecule has 0 saturated heterocycles. The third-order valence-electron chi connectivity index (χ3n) is 4.90. The Morgan fingerprint density at radius 2 is 1.92 bits per heavy atom. The fourth-order valence-corrected chi connectivity index (χ4v) is 3.58. The highest BCUT2D eigenvalue weighted by Crippen LogP contribution is 2.32. The number of fused-ring (bicyclic) bond motifs is 1. The number of hydrogen-bond acceptors (Lipinski definition) is 5. The molecule has 0 N–H and O–H groups in total. The van der Waals surface area contributed by atoms with Crippen LogP contribution in [0.2, 0.25) is 0 Å². The second-order valence-electron chi connectivity index (χ2n) is 6.61. The summed E-state index contributed by atoms with van der Waals surface area (Å²) >= 11 is 0. The van der Waals surface area contributed by atoms with Crippen molar-refractivity contribution in [3.05, 3.63) is 48.3 Å². The number of nitrogens with zero attached hydrogens (tertiary/aromatic N) is 5. The van der Waals surface area contributed by atoms with Crippen LogP contribution in [0.25, 0.3) is 33.9 Å². The van der Waals surface area contributed by atoms with Gasteiger partial charge in [-0.1, -0.05) is 29.3 Å². The molecule has 0 radical (unpaired) electrons. The molecule has 7 heteroatoms. The van der Waals surface area contributed by atoms with E-state index in [4.69, 9.17) is 4.52 Å². The van der Waals surface area contributed by atoms with Gasteiger partial charge in [-0.25, -0.2) is 9.07 Å². The average Bonchev–Trinajstić information content (AvgIpc) is 3.40. The van der Waals surface area contributed by atoms with E-state index in [1.807, 2.05) is 22.9 Å². The molecule has 26 heavy (non-hydrogen) atoms. The van der Waals surface area contributed by atoms with Crippen molar-refractivity contribution < 1.29 is 8.91 Å². The zero-order chi connectivity index (χ0) is 17.5. The first-order valence-electron chi connectivity index (χ1n) is 8.73. The van der Waals surface area contributed by atoms with Gasteiger partial charge in [0.05, 0.1) is 11.6 Å². The maximum atomic E-state index is 13.4. The van der Waals surface area contributed by atoms with Gasteiger partial charge in [0.2, 0.25) is 5.82 Å². The minimum atomic E-state index is -0.341. The average molecular weight is 349 g/mol. The summed E-state index contributed by atoms with van der Waals surface area (Å²) in [5.74, 6) is 0.392. The van der Waals surface area contributed by atoms with Gasteiger partial charge in [0.1, 0.15) is 11.3 Å². The van der Waals surface area contributed by atoms with Crippen molar-refractivity contribution in [2.75, 3.05) is 0 Å². The maximum Gasteiger partial charge on any atom is 0.258 e. The summed E-state index contributed by atoms with van der Waals surface area (Å²) < 4.78 is 20.7. The predicted octanol–water partition coefficient (Wildman–Crippen LogP) is 4.40. The normalized spacial score (nSPS) is 15.1. The molecule has 2 aromatic heterocycles. The van der Waals surface area contributed by atoms with Crippen LogP contribution >= 0.6 is 0 Å². The smallest absolute Gasteiger partial charge is 0.258 e. The molecule has 0 spiro atoms. The van der Waals surface area contributed by atoms with Crippen LogP contribution in [0.5, 0.6) is 0 Å². The molecule has 2 heterocycles. The monoisotopic (exact) mass is 349 g/mol. The lowest BCUT2D eigenvalue weighted by atomic mass is 10.1. The second kappa shape index (κ2) is 6.01. The second-order valence-corrected chi connectivity index (χ2v) is 6.61. The van der Waals surface area contributed by atoms with E-state index in [1.165, 1.54) is 25.0 Å². The zero-order valence-corrected chi connectivity index (χ0v) is 14.0. The van der Waals surface area contributed by atoms with E-state index in [2.05, 4.69) is 20.5 Å². The van der Waals surface area contributed by atoms with Crippen molar-refractivity contribution in [2.24, 2.45) is 0 Å². The number of benzene rings is 2. The fraction of sp³-hybridized carbons (Fsp3) is 0.263. The standard InChI is InChI=1S/C19H16FN5O/c20-14-5-3-4-13(10-14)19-21-18(23-26-19)12-8-9-17-16(11-12)22-24-25(17)15-6-1-2-7-15/h3-5,8-11,15H,1-2,6-7H2. The minimum Gasteiger partial charge on any atom is -0.334 e. The first-order chi connectivity index (χ1) is 12.8. The topological polar surface area (TPSA) is 69.6 Å². The van der Waals surface area contributed by atoms with Gasteiger partial charge in [0.25, 0.3) is 5.89 Å². The Hall–Kier alpha value is -3.09. The van der Waals surface area contributed by atoms with Crippen LogP contribution in [0.4, 0.5) is 4.39 Å². The van der Waals surface area contributed by atoms with Crippen LogP contribution in [0, 0.1) is 5.82 Å². The Balaban J connectivity index is 1.50. The largest absolute Gasteiger partial charge is 0.334 e. The quantitative estimate of drug-likeness (QED) is 0.548. The minimum absolute atomic E-state index is 0.286. The molecule has 1 saturated carbocycles. The number of aromatic nitrogens is 5. The van der Waals surface area contributed by atoms with Crippen molar-refractivity contribution in [3.8, 4) is 22.8 Å². The molecule has 130 valence electrons. The molecule has 1 aliphatic rings. The van der Waals surface area contributed by atoms with Gasteiger partial charge in [0.15, 0.2) is 0 Å². The molecule has 0 aliphatic heterocycles. The molecule has 4 aromatic rings. The van der Waals surface area contributed by atoms with E-state index >= 15 is 0 Å². The fourth-order valence-electron chi connectivity index (χ4n) is 3.58. The number of rotatable bonds is 3. The summed E-state index contributed by atoms with van der Waals surface area (Å²) in [4.78, 5) is 4.38. The Labute approximate surface area is 148 Å². The summed E-state index contributed by atoms with van der Waals surface area (Å²) in [5, 5.41) is 12.7. The van der Waals surface area contributed by atoms with Crippen molar-refractivity contribution >= 4 is 11.0 Å². The SMILES string of the molecule is Fc1cccc(-c2nc(-c3ccc4c(c3)nnn4C3CCCC3)no2)c1. The van der Waals surface area contributed by atoms with Gasteiger partial charge >= 0.3 is 0 Å². The maximum absolute atomic E-state index is 13.4. The lowest BCUT2D eigenvalue weighted by molar-refractivity contribution is 0.432. The number of hydrogen-bond donors (Lipinski definition) is 0. The van der Waals surface area contributed by atoms with Gasteiger partial charge in [-0.15, -0.1) is 5.10 Å². The first-order valence-corrected chi connectivity index (χ1v) is 8.73. The summed E-state index contributed by atoms with van der Waals surface area (Å²) in [6.45, 7) is 0. The third kappa shape index (κ3) is 2.56. The van der Waals surface area contributed by atoms with Crippen molar-refractivity contribution in [1.29, 1.82) is 0 Å². The lowest BCUT2D eigenvalue weighted by Gasteiger charge is -2.09. The summed E-state index contributed by atoms with van der Waals surface area (Å²) in [7, 11) is 0. The molecule has 5 rings (SSSR count). The zero-order valence-electron chi connectivity index (χ0n) is 14.0. The van der Waals surface area contributed by atoms with Crippen LogP contribution in [0.15, 0.2) is 47.0 Å². The van der Waals surface area contributed by atoms with E-state index < -0.39 is 0 Å². The molecule has 1 fully saturated rings. The Morgan fingerprint density at radius 3 is 2.77 bits per heavy atom. The highest BCUT2D eigenvalue weighted by atomic mass is 19.1. The van der Waals surface area contributed by atoms with Gasteiger partial charge in [-0.2, -0.15) is 4.98 Å². The van der Waals surface area contributed by atoms with E-state index in [-0.39, 0.29) is 11.7 Å². The molecule has 1 aliphatic carbocycles. The molecular formula is C19H16FN5O. The van der Waals surface area contributed by atoms with E-state index in [9.17, 15) is 4.39 Å². The van der Waals surface area contributed by atoms with Gasteiger partial charge in [-0.05, 0) is 49.2 Å². The number of halogens is 1. The summed E-state index contributed by atoms with van der Waals surface area (Å²) in [6, 6.07) is 12.4. The van der Waals surface area contributed by atoms with Crippen molar-refractivity contribution in [2.45, 2.75) is 31.7 Å². The molecule has 0 bridgehead atoms. The molecule has 2 aromatic carbocycles. The molecule has 0 atom stereocenters. The Bertz CT molecular complexity index is 1080. The Morgan fingerprint density at radius 1 is 1.04 bits per heavy atom. The summed E-state index contributed by atoms with van der Waals surface area (Å²) in [6.07, 6.45) is 4.80. The molecule has 0 unspecified atom stereocenters. The highest BCUT2D eigenvalue weighted by molar-refractivity contribution is 5.80. The third-order valence-corrected chi connectivity index (χ3v) is 4.90. The summed E-state index contributed by atoms with van der Waals surface area (Å²) in [5.41, 5.74) is 3.18. The highest BCUT2D eigenvalue weighted by Gasteiger charge is 2.20. The van der Waals surface area contributed by atoms with E-state index in [0.717, 1.165) is 29.4 Å². The molecular weight excluding hydrogens is 333 g/mol. The Kier molecular flexibility index (Phi) is 3.51. The van der Waals surface area contributed by atoms with Crippen LogP contribution < -0.4 is 0 Å². The first kappa shape index (κ1) is 15.2. The van der Waals surface area contributed by atoms with Crippen LogP contribution in [0.3, 0.4) is 0 Å². The predicted molar refractivity (Wildman–Crippen MR) is 93.7 cm³/mol. The van der Waals surface area contributed by atoms with E-state index in [1.54, 1.807) is 12.1 Å². The van der Waals surface area contributed by atoms with Crippen molar-refractivity contribution in [3.63, 3.8) is 0 Å². The van der Waals surface area contributed by atoms with Crippen LogP contribution in [-0.2, 0) is 0 Å². The van der Waals surface area contributed by atoms with Crippen LogP contribution in [-0.4, -0.2) is 25.1 Å². The molecule has 6 nitrogen and oxygen atoms in total. The van der Waals surface area contributed by atoms with E-state index in [0.29, 0.717) is 17.4 Å². The van der Waals surface area contributed by atoms with Gasteiger partial charge < -0.3 is 4.52 Å². The molecule has 0 amide bonds. The van der Waals surface area contributed by atoms with Crippen LogP contribution in [0.1, 0.15) is 31.7 Å². The van der Waals surface area contributed by atoms with Crippen molar-refractivity contribution in [1.82, 2.24) is 25.1 Å². The van der Waals surface area contributed by atoms with Gasteiger partial charge in [0, 0.05) is 11.1 Å². The lowest BCUT2D eigenvalue weighted by Crippen LogP contribution is -2.06. The van der Waals surface area contributed by atoms with Gasteiger partial charge in [-0.3, -0.25) is 0 Å².